The molecule has 0 bridgehead atoms. The van der Waals surface area contributed by atoms with E-state index in [2.05, 4.69) is 10.1 Å². The van der Waals surface area contributed by atoms with Gasteiger partial charge in [-0.15, -0.1) is 11.8 Å². The highest BCUT2D eigenvalue weighted by Crippen LogP contribution is 2.21. The third kappa shape index (κ3) is 3.67. The fourth-order valence-electron chi connectivity index (χ4n) is 3.53. The summed E-state index contributed by atoms with van der Waals surface area (Å²) < 4.78 is 13.4. The summed E-state index contributed by atoms with van der Waals surface area (Å²) in [5.41, 5.74) is 0.465. The molecule has 0 aliphatic carbocycles. The Kier molecular flexibility index (Phi) is 5.24. The van der Waals surface area contributed by atoms with E-state index in [4.69, 9.17) is 8.94 Å². The zero-order valence-corrected chi connectivity index (χ0v) is 17.9. The molecule has 0 unspecified atom stereocenters. The standard InChI is InChI=1S/C23H18N4O4S/c1-32-17-10-8-15(9-11-17)21-24-20(31-25-21)14-26-19-7-3-2-6-18(19)22(28)27(23(26)29)13-16-5-4-12-30-16/h2-12H,13-14H2,1H3. The van der Waals surface area contributed by atoms with Crippen LogP contribution in [0.4, 0.5) is 0 Å². The van der Waals surface area contributed by atoms with Crippen molar-refractivity contribution in [3.63, 3.8) is 0 Å². The summed E-state index contributed by atoms with van der Waals surface area (Å²) in [6.07, 6.45) is 3.51. The largest absolute Gasteiger partial charge is 0.467 e. The molecule has 0 amide bonds. The topological polar surface area (TPSA) is 96.1 Å². The van der Waals surface area contributed by atoms with Gasteiger partial charge in [0.15, 0.2) is 0 Å². The van der Waals surface area contributed by atoms with Crippen molar-refractivity contribution in [3.05, 3.63) is 99.4 Å². The number of hydrogen-bond acceptors (Lipinski definition) is 7. The van der Waals surface area contributed by atoms with E-state index in [0.717, 1.165) is 15.0 Å². The number of hydrogen-bond donors (Lipinski definition) is 0. The van der Waals surface area contributed by atoms with E-state index in [-0.39, 0.29) is 24.5 Å². The van der Waals surface area contributed by atoms with Gasteiger partial charge in [0.25, 0.3) is 5.56 Å². The summed E-state index contributed by atoms with van der Waals surface area (Å²) in [5, 5.41) is 4.48. The van der Waals surface area contributed by atoms with E-state index < -0.39 is 5.69 Å². The maximum Gasteiger partial charge on any atom is 0.332 e. The van der Waals surface area contributed by atoms with E-state index >= 15 is 0 Å². The van der Waals surface area contributed by atoms with Crippen molar-refractivity contribution in [2.75, 3.05) is 6.26 Å². The average Bonchev–Trinajstić information content (AvgIpc) is 3.52. The normalized spacial score (nSPS) is 11.3. The lowest BCUT2D eigenvalue weighted by Gasteiger charge is -2.12. The average molecular weight is 446 g/mol. The van der Waals surface area contributed by atoms with Gasteiger partial charge in [-0.25, -0.2) is 4.79 Å². The molecule has 5 aromatic rings. The van der Waals surface area contributed by atoms with Crippen LogP contribution in [0.3, 0.4) is 0 Å². The van der Waals surface area contributed by atoms with Crippen molar-refractivity contribution < 1.29 is 8.94 Å². The molecule has 3 heterocycles. The van der Waals surface area contributed by atoms with Gasteiger partial charge in [0, 0.05) is 10.5 Å². The van der Waals surface area contributed by atoms with E-state index in [0.29, 0.717) is 22.5 Å². The highest BCUT2D eigenvalue weighted by Gasteiger charge is 2.17. The first-order chi connectivity index (χ1) is 15.6. The third-order valence-electron chi connectivity index (χ3n) is 5.14. The SMILES string of the molecule is CSc1ccc(-c2noc(Cn3c(=O)n(Cc4ccco4)c(=O)c4ccccc43)n2)cc1. The molecule has 0 atom stereocenters. The summed E-state index contributed by atoms with van der Waals surface area (Å²) in [6.45, 7) is 0.0695. The molecular weight excluding hydrogens is 428 g/mol. The van der Waals surface area contributed by atoms with E-state index in [1.165, 1.54) is 10.8 Å². The van der Waals surface area contributed by atoms with E-state index in [1.54, 1.807) is 48.2 Å². The molecule has 160 valence electrons. The minimum atomic E-state index is -0.478. The van der Waals surface area contributed by atoms with Crippen molar-refractivity contribution in [3.8, 4) is 11.4 Å². The lowest BCUT2D eigenvalue weighted by Crippen LogP contribution is -2.40. The molecule has 8 nitrogen and oxygen atoms in total. The molecule has 0 N–H and O–H groups in total. The number of fused-ring (bicyclic) bond motifs is 1. The molecule has 5 rings (SSSR count). The van der Waals surface area contributed by atoms with E-state index in [1.807, 2.05) is 30.5 Å². The Morgan fingerprint density at radius 1 is 0.938 bits per heavy atom. The molecule has 0 saturated carbocycles. The Labute approximate surface area is 186 Å². The van der Waals surface area contributed by atoms with Gasteiger partial charge in [0.1, 0.15) is 12.3 Å². The van der Waals surface area contributed by atoms with Crippen molar-refractivity contribution in [2.45, 2.75) is 18.0 Å². The van der Waals surface area contributed by atoms with Crippen LogP contribution in [0.1, 0.15) is 11.7 Å². The van der Waals surface area contributed by atoms with Crippen LogP contribution in [0, 0.1) is 0 Å². The second-order valence-corrected chi connectivity index (χ2v) is 7.98. The molecule has 0 fully saturated rings. The van der Waals surface area contributed by atoms with Gasteiger partial charge in [-0.3, -0.25) is 13.9 Å². The maximum atomic E-state index is 13.3. The van der Waals surface area contributed by atoms with Gasteiger partial charge in [0.05, 0.1) is 23.7 Å². The van der Waals surface area contributed by atoms with Crippen molar-refractivity contribution in [1.82, 2.24) is 19.3 Å². The van der Waals surface area contributed by atoms with Crippen LogP contribution in [0.2, 0.25) is 0 Å². The lowest BCUT2D eigenvalue weighted by molar-refractivity contribution is 0.369. The monoisotopic (exact) mass is 446 g/mol. The Morgan fingerprint density at radius 3 is 2.50 bits per heavy atom. The first-order valence-electron chi connectivity index (χ1n) is 9.86. The van der Waals surface area contributed by atoms with Crippen LogP contribution in [-0.2, 0) is 13.1 Å². The summed E-state index contributed by atoms with van der Waals surface area (Å²) >= 11 is 1.65. The Hall–Kier alpha value is -3.85. The second-order valence-electron chi connectivity index (χ2n) is 7.10. The van der Waals surface area contributed by atoms with Crippen LogP contribution in [0.15, 0.2) is 90.4 Å². The number of furan rings is 1. The van der Waals surface area contributed by atoms with Gasteiger partial charge in [-0.1, -0.05) is 17.3 Å². The number of para-hydroxylation sites is 1. The van der Waals surface area contributed by atoms with Crippen molar-refractivity contribution >= 4 is 22.7 Å². The quantitative estimate of drug-likeness (QED) is 0.368. The van der Waals surface area contributed by atoms with Crippen LogP contribution >= 0.6 is 11.8 Å². The van der Waals surface area contributed by atoms with Gasteiger partial charge < -0.3 is 8.94 Å². The smallest absolute Gasteiger partial charge is 0.332 e. The third-order valence-corrected chi connectivity index (χ3v) is 5.88. The molecule has 32 heavy (non-hydrogen) atoms. The first kappa shape index (κ1) is 20.1. The molecule has 9 heteroatoms. The van der Waals surface area contributed by atoms with Crippen molar-refractivity contribution in [1.29, 1.82) is 0 Å². The van der Waals surface area contributed by atoms with Crippen LogP contribution in [0.25, 0.3) is 22.3 Å². The molecule has 3 aromatic heterocycles. The number of thioether (sulfide) groups is 1. The van der Waals surface area contributed by atoms with Gasteiger partial charge in [0.2, 0.25) is 11.7 Å². The van der Waals surface area contributed by atoms with Crippen molar-refractivity contribution in [2.24, 2.45) is 0 Å². The van der Waals surface area contributed by atoms with Gasteiger partial charge >= 0.3 is 5.69 Å². The molecule has 0 saturated heterocycles. The number of rotatable bonds is 6. The summed E-state index contributed by atoms with van der Waals surface area (Å²) in [5.74, 6) is 1.22. The first-order valence-corrected chi connectivity index (χ1v) is 11.1. The molecule has 0 spiro atoms. The Balaban J connectivity index is 1.56. The van der Waals surface area contributed by atoms with Crippen LogP contribution in [-0.4, -0.2) is 25.5 Å². The van der Waals surface area contributed by atoms with Gasteiger partial charge in [-0.05, 0) is 54.8 Å². The summed E-state index contributed by atoms with van der Waals surface area (Å²) in [7, 11) is 0. The zero-order chi connectivity index (χ0) is 22.1. The summed E-state index contributed by atoms with van der Waals surface area (Å²) in [4.78, 5) is 31.8. The minimum Gasteiger partial charge on any atom is -0.467 e. The highest BCUT2D eigenvalue weighted by molar-refractivity contribution is 7.98. The van der Waals surface area contributed by atoms with Crippen LogP contribution < -0.4 is 11.2 Å². The van der Waals surface area contributed by atoms with Crippen LogP contribution in [0.5, 0.6) is 0 Å². The number of nitrogens with zero attached hydrogens (tertiary/aromatic N) is 4. The molecule has 0 radical (unpaired) electrons. The van der Waals surface area contributed by atoms with Gasteiger partial charge in [-0.2, -0.15) is 4.98 Å². The maximum absolute atomic E-state index is 13.3. The predicted molar refractivity (Wildman–Crippen MR) is 121 cm³/mol. The fourth-order valence-corrected chi connectivity index (χ4v) is 3.94. The zero-order valence-electron chi connectivity index (χ0n) is 17.1. The lowest BCUT2D eigenvalue weighted by atomic mass is 10.2. The number of benzene rings is 2. The molecule has 0 aliphatic heterocycles. The predicted octanol–water partition coefficient (Wildman–Crippen LogP) is 3.62. The summed E-state index contributed by atoms with van der Waals surface area (Å²) in [6, 6.07) is 18.2. The molecular formula is C23H18N4O4S. The fraction of sp³-hybridized carbons (Fsp3) is 0.130. The second kappa shape index (κ2) is 8.35. The Bertz CT molecular complexity index is 1500. The Morgan fingerprint density at radius 2 is 1.75 bits per heavy atom. The molecule has 2 aromatic carbocycles. The number of aromatic nitrogens is 4. The highest BCUT2D eigenvalue weighted by atomic mass is 32.2. The molecule has 0 aliphatic rings. The van der Waals surface area contributed by atoms with E-state index in [9.17, 15) is 9.59 Å². The minimum absolute atomic E-state index is 0.0341.